The first-order valence-corrected chi connectivity index (χ1v) is 8.02. The van der Waals surface area contributed by atoms with Gasteiger partial charge in [-0.15, -0.1) is 0 Å². The molecule has 2 aromatic rings. The van der Waals surface area contributed by atoms with Crippen LogP contribution in [0.5, 0.6) is 0 Å². The van der Waals surface area contributed by atoms with E-state index in [0.717, 1.165) is 6.42 Å². The number of benzene rings is 1. The second-order valence-corrected chi connectivity index (χ2v) is 6.11. The van der Waals surface area contributed by atoms with Gasteiger partial charge in [0.05, 0.1) is 0 Å². The molecular weight excluding hydrogens is 306 g/mol. The van der Waals surface area contributed by atoms with Crippen LogP contribution in [0.1, 0.15) is 35.7 Å². The average molecular weight is 329 g/mol. The molecule has 0 fully saturated rings. The average Bonchev–Trinajstić information content (AvgIpc) is 2.48. The molecule has 1 unspecified atom stereocenters. The zero-order valence-electron chi connectivity index (χ0n) is 14.2. The minimum absolute atomic E-state index is 0.00793. The quantitative estimate of drug-likeness (QED) is 0.747. The second kappa shape index (κ2) is 7.77. The first-order valence-electron chi connectivity index (χ1n) is 8.02. The van der Waals surface area contributed by atoms with Crippen LogP contribution in [0.25, 0.3) is 0 Å². The Balaban J connectivity index is 1.91. The third-order valence-corrected chi connectivity index (χ3v) is 4.05. The van der Waals surface area contributed by atoms with Gasteiger partial charge in [0.15, 0.2) is 0 Å². The SMILES string of the molecule is Cc1ccccc1CC(C)NC(=O)CCc1c(C)[nH]c(=O)[nH]c1=O. The predicted molar refractivity (Wildman–Crippen MR) is 93.2 cm³/mol. The van der Waals surface area contributed by atoms with E-state index in [1.165, 1.54) is 11.1 Å². The Morgan fingerprint density at radius 2 is 1.88 bits per heavy atom. The molecule has 6 heteroatoms. The number of rotatable bonds is 6. The molecule has 0 radical (unpaired) electrons. The molecular formula is C18H23N3O3. The summed E-state index contributed by atoms with van der Waals surface area (Å²) in [5.41, 5.74) is 2.39. The summed E-state index contributed by atoms with van der Waals surface area (Å²) in [4.78, 5) is 39.7. The molecule has 1 aromatic carbocycles. The number of hydrogen-bond donors (Lipinski definition) is 3. The number of aromatic amines is 2. The van der Waals surface area contributed by atoms with E-state index >= 15 is 0 Å². The van der Waals surface area contributed by atoms with E-state index in [9.17, 15) is 14.4 Å². The van der Waals surface area contributed by atoms with Gasteiger partial charge in [0.2, 0.25) is 5.91 Å². The predicted octanol–water partition coefficient (Wildman–Crippen LogP) is 1.36. The second-order valence-electron chi connectivity index (χ2n) is 6.11. The first-order chi connectivity index (χ1) is 11.4. The number of carbonyl (C=O) groups excluding carboxylic acids is 1. The maximum Gasteiger partial charge on any atom is 0.325 e. The Labute approximate surface area is 140 Å². The van der Waals surface area contributed by atoms with Crippen LogP contribution in [0.4, 0.5) is 0 Å². The zero-order valence-corrected chi connectivity index (χ0v) is 14.2. The Bertz CT molecular complexity index is 836. The minimum atomic E-state index is -0.530. The van der Waals surface area contributed by atoms with E-state index in [-0.39, 0.29) is 18.4 Å². The summed E-state index contributed by atoms with van der Waals surface area (Å²) in [5.74, 6) is -0.110. The summed E-state index contributed by atoms with van der Waals surface area (Å²) in [6, 6.07) is 8.10. The molecule has 3 N–H and O–H groups in total. The number of nitrogens with one attached hydrogen (secondary N) is 3. The third-order valence-electron chi connectivity index (χ3n) is 4.05. The number of amides is 1. The van der Waals surface area contributed by atoms with Crippen molar-refractivity contribution in [2.75, 3.05) is 0 Å². The number of aryl methyl sites for hydroxylation is 2. The van der Waals surface area contributed by atoms with Crippen LogP contribution < -0.4 is 16.6 Å². The monoisotopic (exact) mass is 329 g/mol. The summed E-state index contributed by atoms with van der Waals surface area (Å²) >= 11 is 0. The Morgan fingerprint density at radius 3 is 2.54 bits per heavy atom. The first kappa shape index (κ1) is 17.7. The molecule has 1 atom stereocenters. The summed E-state index contributed by atoms with van der Waals surface area (Å²) in [6.45, 7) is 5.67. The van der Waals surface area contributed by atoms with Crippen LogP contribution in [0.2, 0.25) is 0 Å². The molecule has 24 heavy (non-hydrogen) atoms. The molecule has 1 amide bonds. The topological polar surface area (TPSA) is 94.8 Å². The number of H-pyrrole nitrogens is 2. The van der Waals surface area contributed by atoms with Crippen molar-refractivity contribution in [2.45, 2.75) is 46.1 Å². The van der Waals surface area contributed by atoms with E-state index in [4.69, 9.17) is 0 Å². The Hall–Kier alpha value is -2.63. The number of aromatic nitrogens is 2. The van der Waals surface area contributed by atoms with Crippen LogP contribution in [0.15, 0.2) is 33.9 Å². The summed E-state index contributed by atoms with van der Waals surface area (Å²) in [5, 5.41) is 2.95. The van der Waals surface area contributed by atoms with Gasteiger partial charge in [0, 0.05) is 23.7 Å². The maximum absolute atomic E-state index is 12.1. The van der Waals surface area contributed by atoms with Gasteiger partial charge in [0.1, 0.15) is 0 Å². The van der Waals surface area contributed by atoms with Crippen molar-refractivity contribution in [3.8, 4) is 0 Å². The molecule has 0 saturated carbocycles. The fourth-order valence-electron chi connectivity index (χ4n) is 2.73. The normalized spacial score (nSPS) is 12.0. The van der Waals surface area contributed by atoms with Gasteiger partial charge in [-0.25, -0.2) is 4.79 Å². The largest absolute Gasteiger partial charge is 0.353 e. The van der Waals surface area contributed by atoms with Gasteiger partial charge in [-0.05, 0) is 44.7 Å². The molecule has 2 rings (SSSR count). The smallest absolute Gasteiger partial charge is 0.325 e. The lowest BCUT2D eigenvalue weighted by Gasteiger charge is -2.15. The lowest BCUT2D eigenvalue weighted by molar-refractivity contribution is -0.121. The van der Waals surface area contributed by atoms with Crippen LogP contribution in [0.3, 0.4) is 0 Å². The van der Waals surface area contributed by atoms with Gasteiger partial charge in [-0.2, -0.15) is 0 Å². The van der Waals surface area contributed by atoms with Gasteiger partial charge >= 0.3 is 5.69 Å². The lowest BCUT2D eigenvalue weighted by atomic mass is 10.0. The molecule has 0 bridgehead atoms. The maximum atomic E-state index is 12.1. The number of hydrogen-bond acceptors (Lipinski definition) is 3. The molecule has 6 nitrogen and oxygen atoms in total. The van der Waals surface area contributed by atoms with Crippen LogP contribution in [0, 0.1) is 13.8 Å². The zero-order chi connectivity index (χ0) is 17.7. The highest BCUT2D eigenvalue weighted by molar-refractivity contribution is 5.76. The van der Waals surface area contributed by atoms with Crippen molar-refractivity contribution in [1.82, 2.24) is 15.3 Å². The Morgan fingerprint density at radius 1 is 1.17 bits per heavy atom. The Kier molecular flexibility index (Phi) is 5.73. The highest BCUT2D eigenvalue weighted by atomic mass is 16.2. The van der Waals surface area contributed by atoms with Crippen LogP contribution in [-0.4, -0.2) is 21.9 Å². The minimum Gasteiger partial charge on any atom is -0.353 e. The third kappa shape index (κ3) is 4.68. The number of carbonyl (C=O) groups is 1. The standard InChI is InChI=1S/C18H23N3O3/c1-11-6-4-5-7-14(11)10-12(2)19-16(22)9-8-15-13(3)20-18(24)21-17(15)23/h4-7,12H,8-10H2,1-3H3,(H,19,22)(H2,20,21,23,24). The van der Waals surface area contributed by atoms with Gasteiger partial charge in [0.25, 0.3) is 5.56 Å². The fourth-order valence-corrected chi connectivity index (χ4v) is 2.73. The van der Waals surface area contributed by atoms with E-state index in [1.54, 1.807) is 6.92 Å². The molecule has 1 aromatic heterocycles. The highest BCUT2D eigenvalue weighted by Gasteiger charge is 2.12. The molecule has 128 valence electrons. The fraction of sp³-hybridized carbons (Fsp3) is 0.389. The van der Waals surface area contributed by atoms with Crippen molar-refractivity contribution < 1.29 is 4.79 Å². The van der Waals surface area contributed by atoms with Crippen molar-refractivity contribution in [3.63, 3.8) is 0 Å². The molecule has 0 saturated heterocycles. The van der Waals surface area contributed by atoms with E-state index < -0.39 is 11.2 Å². The summed E-state index contributed by atoms with van der Waals surface area (Å²) < 4.78 is 0. The lowest BCUT2D eigenvalue weighted by Crippen LogP contribution is -2.35. The molecule has 0 aliphatic heterocycles. The summed E-state index contributed by atoms with van der Waals surface area (Å²) in [7, 11) is 0. The van der Waals surface area contributed by atoms with E-state index in [2.05, 4.69) is 34.3 Å². The highest BCUT2D eigenvalue weighted by Crippen LogP contribution is 2.10. The summed E-state index contributed by atoms with van der Waals surface area (Å²) in [6.07, 6.45) is 1.26. The van der Waals surface area contributed by atoms with Crippen molar-refractivity contribution in [1.29, 1.82) is 0 Å². The van der Waals surface area contributed by atoms with Gasteiger partial charge < -0.3 is 10.3 Å². The van der Waals surface area contributed by atoms with Gasteiger partial charge in [-0.3, -0.25) is 14.6 Å². The van der Waals surface area contributed by atoms with E-state index in [1.807, 2.05) is 19.1 Å². The van der Waals surface area contributed by atoms with Crippen molar-refractivity contribution >= 4 is 5.91 Å². The molecule has 0 aliphatic rings. The van der Waals surface area contributed by atoms with Crippen molar-refractivity contribution in [2.24, 2.45) is 0 Å². The molecule has 1 heterocycles. The van der Waals surface area contributed by atoms with Gasteiger partial charge in [-0.1, -0.05) is 24.3 Å². The van der Waals surface area contributed by atoms with E-state index in [0.29, 0.717) is 17.7 Å². The van der Waals surface area contributed by atoms with Crippen LogP contribution in [-0.2, 0) is 17.6 Å². The molecule has 0 spiro atoms. The molecule has 0 aliphatic carbocycles. The van der Waals surface area contributed by atoms with Crippen molar-refractivity contribution in [3.05, 3.63) is 67.5 Å². The van der Waals surface area contributed by atoms with Crippen LogP contribution >= 0.6 is 0 Å².